The summed E-state index contributed by atoms with van der Waals surface area (Å²) in [6.07, 6.45) is 1.29. The van der Waals surface area contributed by atoms with E-state index in [1.54, 1.807) is 18.0 Å². The molecule has 0 saturated carbocycles. The van der Waals surface area contributed by atoms with Crippen molar-refractivity contribution in [1.29, 1.82) is 0 Å². The summed E-state index contributed by atoms with van der Waals surface area (Å²) in [5.74, 6) is -0.994. The lowest BCUT2D eigenvalue weighted by Gasteiger charge is -2.14. The maximum atomic E-state index is 12.6. The summed E-state index contributed by atoms with van der Waals surface area (Å²) < 4.78 is 36.4. The average molecular weight is 266 g/mol. The van der Waals surface area contributed by atoms with Crippen LogP contribution in [0.3, 0.4) is 0 Å². The van der Waals surface area contributed by atoms with Gasteiger partial charge < -0.3 is 4.84 Å². The minimum absolute atomic E-state index is 0.251. The number of thiol groups is 1. The fourth-order valence-electron chi connectivity index (χ4n) is 1.24. The van der Waals surface area contributed by atoms with Crippen LogP contribution < -0.4 is 0 Å². The number of rotatable bonds is 6. The predicted molar refractivity (Wildman–Crippen MR) is 65.5 cm³/mol. The van der Waals surface area contributed by atoms with E-state index >= 15 is 0 Å². The van der Waals surface area contributed by atoms with Crippen molar-refractivity contribution >= 4 is 22.7 Å². The van der Waals surface area contributed by atoms with Gasteiger partial charge in [0.2, 0.25) is 0 Å². The third-order valence-electron chi connectivity index (χ3n) is 2.06. The molecule has 7 heteroatoms. The molecule has 0 fully saturated rings. The Balaban J connectivity index is 2.44. The van der Waals surface area contributed by atoms with Gasteiger partial charge in [-0.2, -0.15) is 19.7 Å². The molecule has 17 heavy (non-hydrogen) atoms. The molecule has 0 saturated heterocycles. The van der Waals surface area contributed by atoms with Crippen LogP contribution in [0.5, 0.6) is 0 Å². The van der Waals surface area contributed by atoms with E-state index in [-0.39, 0.29) is 6.42 Å². The van der Waals surface area contributed by atoms with E-state index in [9.17, 15) is 13.2 Å². The molecular weight excluding hydrogens is 253 g/mol. The zero-order chi connectivity index (χ0) is 12.7. The van der Waals surface area contributed by atoms with Crippen LogP contribution in [0.15, 0.2) is 33.2 Å². The summed E-state index contributed by atoms with van der Waals surface area (Å²) >= 11 is 0. The number of aliphatic imine (C=N–C) groups is 1. The third-order valence-corrected chi connectivity index (χ3v) is 4.21. The van der Waals surface area contributed by atoms with Crippen LogP contribution in [0.2, 0.25) is 0 Å². The van der Waals surface area contributed by atoms with Gasteiger partial charge in [-0.05, 0) is 10.7 Å². The van der Waals surface area contributed by atoms with Gasteiger partial charge in [0.25, 0.3) is 0 Å². The first-order valence-electron chi connectivity index (χ1n) is 4.88. The summed E-state index contributed by atoms with van der Waals surface area (Å²) in [6.45, 7) is 0. The van der Waals surface area contributed by atoms with Gasteiger partial charge in [0.15, 0.2) is 5.83 Å². The van der Waals surface area contributed by atoms with Crippen molar-refractivity contribution in [2.45, 2.75) is 12.8 Å². The Morgan fingerprint density at radius 2 is 2.29 bits per heavy atom. The zero-order valence-electron chi connectivity index (χ0n) is 9.24. The summed E-state index contributed by atoms with van der Waals surface area (Å²) in [5.41, 5.74) is 1.69. The van der Waals surface area contributed by atoms with Gasteiger partial charge in [-0.15, -0.1) is 0 Å². The molecular formula is C10H13F3N2OS. The Morgan fingerprint density at radius 3 is 2.94 bits per heavy atom. The SMILES string of the molecule is CON=CCC1=CN=C[SH]1CCC(F)=C(F)F. The zero-order valence-corrected chi connectivity index (χ0v) is 10.1. The van der Waals surface area contributed by atoms with Gasteiger partial charge >= 0.3 is 6.08 Å². The van der Waals surface area contributed by atoms with E-state index in [1.807, 2.05) is 0 Å². The Labute approximate surface area is 100 Å². The van der Waals surface area contributed by atoms with E-state index in [0.717, 1.165) is 4.91 Å². The molecule has 1 aliphatic rings. The average Bonchev–Trinajstić information content (AvgIpc) is 2.74. The third kappa shape index (κ3) is 4.64. The smallest absolute Gasteiger partial charge is 0.301 e. The highest BCUT2D eigenvalue weighted by Gasteiger charge is 2.14. The molecule has 0 amide bonds. The van der Waals surface area contributed by atoms with E-state index < -0.39 is 22.8 Å². The highest BCUT2D eigenvalue weighted by molar-refractivity contribution is 8.31. The van der Waals surface area contributed by atoms with Gasteiger partial charge in [-0.25, -0.2) is 4.39 Å². The second kappa shape index (κ2) is 7.16. The number of halogens is 3. The molecule has 1 heterocycles. The summed E-state index contributed by atoms with van der Waals surface area (Å²) in [4.78, 5) is 9.45. The Kier molecular flexibility index (Phi) is 5.82. The van der Waals surface area contributed by atoms with Crippen LogP contribution in [0.1, 0.15) is 12.8 Å². The molecule has 0 aromatic heterocycles. The first-order valence-corrected chi connectivity index (χ1v) is 6.48. The molecule has 1 atom stereocenters. The second-order valence-corrected chi connectivity index (χ2v) is 5.36. The van der Waals surface area contributed by atoms with Gasteiger partial charge in [-0.1, -0.05) is 5.16 Å². The molecule has 0 radical (unpaired) electrons. The second-order valence-electron chi connectivity index (χ2n) is 3.17. The fraction of sp³-hybridized carbons (Fsp3) is 0.400. The molecule has 0 spiro atoms. The predicted octanol–water partition coefficient (Wildman–Crippen LogP) is 3.36. The van der Waals surface area contributed by atoms with Crippen LogP contribution >= 0.6 is 10.9 Å². The summed E-state index contributed by atoms with van der Waals surface area (Å²) in [7, 11) is 0.666. The highest BCUT2D eigenvalue weighted by Crippen LogP contribution is 2.39. The molecule has 1 aliphatic heterocycles. The fourth-order valence-corrected chi connectivity index (χ4v) is 2.98. The standard InChI is InChI=1S/C10H13F3N2OS/c1-16-15-4-2-8-6-14-7-17(8)5-3-9(11)10(12)13/h4,6-7,17H,2-3,5H2,1H3. The first-order chi connectivity index (χ1) is 8.15. The molecule has 0 aromatic rings. The molecule has 1 rings (SSSR count). The van der Waals surface area contributed by atoms with Crippen molar-refractivity contribution < 1.29 is 18.0 Å². The minimum atomic E-state index is -2.23. The van der Waals surface area contributed by atoms with Crippen LogP contribution in [-0.2, 0) is 4.84 Å². The normalized spacial score (nSPS) is 20.7. The first kappa shape index (κ1) is 13.8. The van der Waals surface area contributed by atoms with Crippen molar-refractivity contribution in [3.63, 3.8) is 0 Å². The molecule has 0 aromatic carbocycles. The number of hydrogen-bond donors (Lipinski definition) is 1. The molecule has 0 bridgehead atoms. The van der Waals surface area contributed by atoms with Gasteiger partial charge in [0, 0.05) is 30.8 Å². The molecule has 96 valence electrons. The quantitative estimate of drug-likeness (QED) is 0.446. The number of allylic oxidation sites excluding steroid dienone is 2. The largest absolute Gasteiger partial charge is 0.399 e. The minimum Gasteiger partial charge on any atom is -0.399 e. The number of nitrogens with zero attached hydrogens (tertiary/aromatic N) is 2. The van der Waals surface area contributed by atoms with Gasteiger partial charge in [0.1, 0.15) is 7.11 Å². The van der Waals surface area contributed by atoms with E-state index in [0.29, 0.717) is 12.2 Å². The lowest BCUT2D eigenvalue weighted by molar-refractivity contribution is 0.215. The Morgan fingerprint density at radius 1 is 1.53 bits per heavy atom. The molecule has 0 N–H and O–H groups in total. The lowest BCUT2D eigenvalue weighted by atomic mass is 10.4. The Hall–Kier alpha value is -1.24. The van der Waals surface area contributed by atoms with Crippen molar-refractivity contribution in [3.05, 3.63) is 23.0 Å². The number of oxime groups is 1. The van der Waals surface area contributed by atoms with E-state index in [1.165, 1.54) is 7.11 Å². The maximum absolute atomic E-state index is 12.6. The molecule has 3 nitrogen and oxygen atoms in total. The summed E-state index contributed by atoms with van der Waals surface area (Å²) in [6, 6.07) is 0. The maximum Gasteiger partial charge on any atom is 0.301 e. The van der Waals surface area contributed by atoms with Crippen molar-refractivity contribution in [2.75, 3.05) is 12.9 Å². The van der Waals surface area contributed by atoms with Gasteiger partial charge in [0.05, 0.1) is 0 Å². The van der Waals surface area contributed by atoms with Crippen molar-refractivity contribution in [2.24, 2.45) is 10.1 Å². The molecule has 1 unspecified atom stereocenters. The van der Waals surface area contributed by atoms with Crippen molar-refractivity contribution in [1.82, 2.24) is 0 Å². The molecule has 0 aliphatic carbocycles. The lowest BCUT2D eigenvalue weighted by Crippen LogP contribution is -1.93. The van der Waals surface area contributed by atoms with Crippen LogP contribution in [0, 0.1) is 0 Å². The van der Waals surface area contributed by atoms with E-state index in [4.69, 9.17) is 0 Å². The highest BCUT2D eigenvalue weighted by atomic mass is 32.2. The monoisotopic (exact) mass is 266 g/mol. The van der Waals surface area contributed by atoms with E-state index in [2.05, 4.69) is 15.0 Å². The summed E-state index contributed by atoms with van der Waals surface area (Å²) in [5, 5.41) is 3.58. The Bertz CT molecular complexity index is 376. The van der Waals surface area contributed by atoms with Crippen molar-refractivity contribution in [3.8, 4) is 0 Å². The number of hydrogen-bond acceptors (Lipinski definition) is 3. The van der Waals surface area contributed by atoms with Gasteiger partial charge in [-0.3, -0.25) is 4.99 Å². The van der Waals surface area contributed by atoms with Crippen LogP contribution in [-0.4, -0.2) is 24.6 Å². The van der Waals surface area contributed by atoms with Crippen LogP contribution in [0.4, 0.5) is 13.2 Å². The van der Waals surface area contributed by atoms with Crippen LogP contribution in [0.25, 0.3) is 0 Å². The topological polar surface area (TPSA) is 34.0 Å².